The molecule has 0 bridgehead atoms. The summed E-state index contributed by atoms with van der Waals surface area (Å²) < 4.78 is 97.4. The molecular weight excluding hydrogens is 419 g/mol. The zero-order valence-corrected chi connectivity index (χ0v) is 11.9. The van der Waals surface area contributed by atoms with Crippen molar-refractivity contribution in [3.8, 4) is 0 Å². The summed E-state index contributed by atoms with van der Waals surface area (Å²) in [6.07, 6.45) is -2.81. The van der Waals surface area contributed by atoms with Crippen LogP contribution in [0.4, 0.5) is 35.1 Å². The second-order valence-electron chi connectivity index (χ2n) is 4.12. The van der Waals surface area contributed by atoms with E-state index in [0.29, 0.717) is 0 Å². The summed E-state index contributed by atoms with van der Waals surface area (Å²) in [7, 11) is 0. The molecule has 0 aliphatic heterocycles. The normalized spacial score (nSPS) is 15.0. The van der Waals surface area contributed by atoms with E-state index in [1.54, 1.807) is 0 Å². The molecule has 0 amide bonds. The molecule has 0 aliphatic carbocycles. The number of halogens is 9. The van der Waals surface area contributed by atoms with Crippen molar-refractivity contribution in [1.82, 2.24) is 0 Å². The molecule has 0 saturated heterocycles. The molecule has 0 aromatic rings. The van der Waals surface area contributed by atoms with Gasteiger partial charge in [-0.25, -0.2) is 0 Å². The molecule has 0 aromatic carbocycles. The Morgan fingerprint density at radius 1 is 0.800 bits per heavy atom. The molecule has 0 unspecified atom stereocenters. The fourth-order valence-electron chi connectivity index (χ4n) is 1.19. The van der Waals surface area contributed by atoms with Crippen molar-refractivity contribution < 1.29 is 45.3 Å². The highest BCUT2D eigenvalue weighted by Crippen LogP contribution is 2.56. The summed E-state index contributed by atoms with van der Waals surface area (Å²) in [6.45, 7) is -1.67. The van der Waals surface area contributed by atoms with E-state index in [0.717, 1.165) is 0 Å². The lowest BCUT2D eigenvalue weighted by molar-refractivity contribution is -0.344. The van der Waals surface area contributed by atoms with E-state index in [4.69, 9.17) is 10.2 Å². The molecule has 11 heteroatoms. The van der Waals surface area contributed by atoms with Crippen molar-refractivity contribution >= 4 is 22.6 Å². The summed E-state index contributed by atoms with van der Waals surface area (Å²) >= 11 is -0.336. The topological polar surface area (TPSA) is 40.5 Å². The van der Waals surface area contributed by atoms with Gasteiger partial charge in [-0.15, -0.1) is 0 Å². The first-order valence-corrected chi connectivity index (χ1v) is 6.24. The van der Waals surface area contributed by atoms with E-state index in [1.807, 2.05) is 0 Å². The van der Waals surface area contributed by atoms with Gasteiger partial charge >= 0.3 is 21.7 Å². The van der Waals surface area contributed by atoms with Crippen molar-refractivity contribution in [3.63, 3.8) is 0 Å². The van der Waals surface area contributed by atoms with Crippen LogP contribution < -0.4 is 0 Å². The minimum absolute atomic E-state index is 0.336. The van der Waals surface area contributed by atoms with Gasteiger partial charge < -0.3 is 10.2 Å². The van der Waals surface area contributed by atoms with Crippen LogP contribution in [0, 0.1) is 5.92 Å². The Morgan fingerprint density at radius 2 is 1.20 bits per heavy atom. The van der Waals surface area contributed by atoms with E-state index >= 15 is 0 Å². The van der Waals surface area contributed by atoms with Crippen LogP contribution in [0.25, 0.3) is 0 Å². The van der Waals surface area contributed by atoms with Crippen LogP contribution in [0.3, 0.4) is 0 Å². The zero-order chi connectivity index (χ0) is 16.4. The van der Waals surface area contributed by atoms with Crippen LogP contribution in [-0.2, 0) is 0 Å². The number of alkyl halides is 9. The average molecular weight is 430 g/mol. The number of hydrogen-bond acceptors (Lipinski definition) is 2. The molecular formula is C9H11F8IO2. The molecule has 0 aromatic heterocycles. The van der Waals surface area contributed by atoms with Gasteiger partial charge in [-0.1, -0.05) is 0 Å². The molecule has 2 nitrogen and oxygen atoms in total. The third-order valence-corrected chi connectivity index (χ3v) is 3.27. The fourth-order valence-corrected chi connectivity index (χ4v) is 1.53. The van der Waals surface area contributed by atoms with E-state index in [1.165, 1.54) is 0 Å². The van der Waals surface area contributed by atoms with Gasteiger partial charge in [0.2, 0.25) is 0 Å². The maximum atomic E-state index is 13.1. The SMILES string of the molecule is OCC(CO)CCC(F)(F)C(F)(F)C(F)(F)C(F)(F)I. The second kappa shape index (κ2) is 6.46. The Morgan fingerprint density at radius 3 is 1.50 bits per heavy atom. The van der Waals surface area contributed by atoms with E-state index < -0.39 is 53.7 Å². The van der Waals surface area contributed by atoms with Crippen molar-refractivity contribution in [2.45, 2.75) is 34.5 Å². The summed E-state index contributed by atoms with van der Waals surface area (Å²) in [6, 6.07) is 0. The average Bonchev–Trinajstić information content (AvgIpc) is 2.28. The van der Waals surface area contributed by atoms with E-state index in [-0.39, 0.29) is 22.6 Å². The highest BCUT2D eigenvalue weighted by atomic mass is 127. The van der Waals surface area contributed by atoms with E-state index in [9.17, 15) is 35.1 Å². The maximum absolute atomic E-state index is 13.1. The van der Waals surface area contributed by atoms with Crippen LogP contribution >= 0.6 is 22.6 Å². The molecule has 0 aliphatic rings. The van der Waals surface area contributed by atoms with Gasteiger partial charge in [-0.05, 0) is 6.42 Å². The Balaban J connectivity index is 5.16. The highest BCUT2D eigenvalue weighted by Gasteiger charge is 2.79. The van der Waals surface area contributed by atoms with Gasteiger partial charge in [0, 0.05) is 48.1 Å². The lowest BCUT2D eigenvalue weighted by Gasteiger charge is -2.35. The predicted molar refractivity (Wildman–Crippen MR) is 60.7 cm³/mol. The monoisotopic (exact) mass is 430 g/mol. The van der Waals surface area contributed by atoms with E-state index in [2.05, 4.69) is 0 Å². The van der Waals surface area contributed by atoms with Crippen LogP contribution in [0.5, 0.6) is 0 Å². The second-order valence-corrected chi connectivity index (χ2v) is 5.48. The predicted octanol–water partition coefficient (Wildman–Crippen LogP) is 3.30. The van der Waals surface area contributed by atoms with Gasteiger partial charge in [0.05, 0.1) is 0 Å². The molecule has 0 atom stereocenters. The Kier molecular flexibility index (Phi) is 6.49. The third kappa shape index (κ3) is 3.84. The molecule has 0 rings (SSSR count). The van der Waals surface area contributed by atoms with Crippen LogP contribution in [0.1, 0.15) is 12.8 Å². The summed E-state index contributed by atoms with van der Waals surface area (Å²) in [5, 5.41) is 17.1. The lowest BCUT2D eigenvalue weighted by Crippen LogP contribution is -2.60. The first-order valence-electron chi connectivity index (χ1n) is 5.16. The quantitative estimate of drug-likeness (QED) is 0.353. The fraction of sp³-hybridized carbons (Fsp3) is 1.00. The molecule has 0 fully saturated rings. The van der Waals surface area contributed by atoms with Gasteiger partial charge in [0.1, 0.15) is 0 Å². The molecule has 0 radical (unpaired) electrons. The number of aliphatic hydroxyl groups is 2. The number of hydrogen-bond donors (Lipinski definition) is 2. The van der Waals surface area contributed by atoms with Gasteiger partial charge in [-0.2, -0.15) is 35.1 Å². The maximum Gasteiger partial charge on any atom is 0.387 e. The molecule has 2 N–H and O–H groups in total. The minimum Gasteiger partial charge on any atom is -0.396 e. The van der Waals surface area contributed by atoms with Gasteiger partial charge in [0.25, 0.3) is 0 Å². The number of aliphatic hydroxyl groups excluding tert-OH is 2. The number of rotatable bonds is 8. The zero-order valence-electron chi connectivity index (χ0n) is 9.70. The standard InChI is InChI=1S/C9H11F8IO2/c10-6(11,2-1-5(3-19)4-20)7(12,13)8(14,15)9(16,17)18/h5,19-20H,1-4H2. The molecule has 122 valence electrons. The van der Waals surface area contributed by atoms with Crippen LogP contribution in [0.15, 0.2) is 0 Å². The molecule has 20 heavy (non-hydrogen) atoms. The van der Waals surface area contributed by atoms with Crippen LogP contribution in [0.2, 0.25) is 0 Å². The largest absolute Gasteiger partial charge is 0.396 e. The first kappa shape index (κ1) is 20.1. The Bertz CT molecular complexity index is 314. The van der Waals surface area contributed by atoms with Gasteiger partial charge in [0.15, 0.2) is 0 Å². The Labute approximate surface area is 122 Å². The van der Waals surface area contributed by atoms with Crippen LogP contribution in [-0.4, -0.2) is 45.1 Å². The summed E-state index contributed by atoms with van der Waals surface area (Å²) in [4.78, 5) is 0. The smallest absolute Gasteiger partial charge is 0.387 e. The molecule has 0 spiro atoms. The van der Waals surface area contributed by atoms with Crippen molar-refractivity contribution in [2.24, 2.45) is 5.92 Å². The summed E-state index contributed by atoms with van der Waals surface area (Å²) in [5.41, 5.74) is 0. The Hall–Kier alpha value is 0.0900. The van der Waals surface area contributed by atoms with Crippen molar-refractivity contribution in [2.75, 3.05) is 13.2 Å². The molecule has 0 saturated carbocycles. The third-order valence-electron chi connectivity index (χ3n) is 2.59. The van der Waals surface area contributed by atoms with Crippen molar-refractivity contribution in [3.05, 3.63) is 0 Å². The van der Waals surface area contributed by atoms with Crippen molar-refractivity contribution in [1.29, 1.82) is 0 Å². The summed E-state index contributed by atoms with van der Waals surface area (Å²) in [5.74, 6) is -19.2. The first-order chi connectivity index (χ1) is 8.74. The minimum atomic E-state index is -6.28. The van der Waals surface area contributed by atoms with Gasteiger partial charge in [-0.3, -0.25) is 0 Å². The lowest BCUT2D eigenvalue weighted by atomic mass is 9.95. The molecule has 0 heterocycles. The highest BCUT2D eigenvalue weighted by molar-refractivity contribution is 14.1.